The van der Waals surface area contributed by atoms with E-state index in [1.165, 1.54) is 6.20 Å². The van der Waals surface area contributed by atoms with Crippen LogP contribution in [0.2, 0.25) is 0 Å². The first kappa shape index (κ1) is 22.0. The number of nitrogens with one attached hydrogen (secondary N) is 1. The quantitative estimate of drug-likeness (QED) is 0.640. The first-order valence-corrected chi connectivity index (χ1v) is 7.71. The summed E-state index contributed by atoms with van der Waals surface area (Å²) < 4.78 is 8.19. The van der Waals surface area contributed by atoms with Crippen LogP contribution in [0.15, 0.2) is 36.0 Å². The number of carboxylic acid groups (broad SMARTS) is 1. The van der Waals surface area contributed by atoms with Gasteiger partial charge in [-0.1, -0.05) is 38.1 Å². The van der Waals surface area contributed by atoms with Crippen LogP contribution in [0.3, 0.4) is 0 Å². The van der Waals surface area contributed by atoms with E-state index in [2.05, 4.69) is 5.32 Å². The Bertz CT molecular complexity index is 712. The number of allylic oxidation sites excluding steroid dienone is 1. The van der Waals surface area contributed by atoms with Crippen molar-refractivity contribution < 1.29 is 40.8 Å². The fraction of sp³-hybridized carbons (Fsp3) is 0.294. The van der Waals surface area contributed by atoms with E-state index in [4.69, 9.17) is 13.9 Å². The van der Waals surface area contributed by atoms with Crippen LogP contribution in [-0.2, 0) is 30.6 Å². The van der Waals surface area contributed by atoms with Crippen LogP contribution in [0, 0.1) is 5.92 Å². The average Bonchev–Trinajstić information content (AvgIpc) is 2.58. The predicted molar refractivity (Wildman–Crippen MR) is 85.9 cm³/mol. The van der Waals surface area contributed by atoms with Gasteiger partial charge in [0, 0.05) is 18.9 Å². The summed E-state index contributed by atoms with van der Waals surface area (Å²) in [5.41, 5.74) is 0.468. The number of aliphatic carboxylic acids is 1. The number of ketones is 1. The SMILES string of the molecule is CC(C)[C@H](N/C=C1/C=c2ccccc2=CC1=O)C(=O)O.CO.[O]=[V]. The number of carbonyl (C=O) groups excluding carboxylic acids is 1. The minimum atomic E-state index is -0.926. The topological polar surface area (TPSA) is 104 Å². The second-order valence-electron chi connectivity index (χ2n) is 5.11. The van der Waals surface area contributed by atoms with Crippen molar-refractivity contribution >= 4 is 23.9 Å². The maximum absolute atomic E-state index is 12.0. The molecule has 0 heterocycles. The zero-order valence-corrected chi connectivity index (χ0v) is 15.2. The van der Waals surface area contributed by atoms with Gasteiger partial charge in [0.15, 0.2) is 5.78 Å². The van der Waals surface area contributed by atoms with Gasteiger partial charge in [-0.3, -0.25) is 4.79 Å². The number of Topliss-reactive ketones (excluding diaryl/α,β-unsaturated/α-hetero) is 1. The molecule has 1 aromatic carbocycles. The molecule has 0 bridgehead atoms. The van der Waals surface area contributed by atoms with Crippen LogP contribution >= 0.6 is 0 Å². The van der Waals surface area contributed by atoms with E-state index in [1.54, 1.807) is 12.2 Å². The third-order valence-corrected chi connectivity index (χ3v) is 3.23. The molecule has 0 unspecified atom stereocenters. The van der Waals surface area contributed by atoms with E-state index in [0.29, 0.717) is 5.57 Å². The van der Waals surface area contributed by atoms with Crippen molar-refractivity contribution in [2.45, 2.75) is 19.9 Å². The molecule has 0 fully saturated rings. The molecule has 0 aliphatic heterocycles. The van der Waals surface area contributed by atoms with Gasteiger partial charge in [-0.15, -0.1) is 0 Å². The number of aliphatic hydroxyl groups is 1. The number of carboxylic acids is 1. The Kier molecular flexibility index (Phi) is 10.5. The van der Waals surface area contributed by atoms with Crippen molar-refractivity contribution in [3.63, 3.8) is 0 Å². The number of carbonyl (C=O) groups is 2. The van der Waals surface area contributed by atoms with Crippen molar-refractivity contribution in [3.05, 3.63) is 46.5 Å². The van der Waals surface area contributed by atoms with Gasteiger partial charge in [0.2, 0.25) is 0 Å². The first-order chi connectivity index (χ1) is 11.5. The van der Waals surface area contributed by atoms with E-state index in [-0.39, 0.29) is 11.7 Å². The van der Waals surface area contributed by atoms with Gasteiger partial charge in [-0.2, -0.15) is 0 Å². The normalized spacial score (nSPS) is 14.7. The van der Waals surface area contributed by atoms with E-state index in [1.807, 2.05) is 38.1 Å². The van der Waals surface area contributed by atoms with Crippen molar-refractivity contribution in [1.82, 2.24) is 5.32 Å². The summed E-state index contributed by atoms with van der Waals surface area (Å²) in [4.78, 5) is 23.1. The molecule has 2 rings (SSSR count). The van der Waals surface area contributed by atoms with Crippen LogP contribution in [0.1, 0.15) is 13.8 Å². The Morgan fingerprint density at radius 1 is 1.12 bits per heavy atom. The summed E-state index contributed by atoms with van der Waals surface area (Å²) in [6.45, 7) is 3.64. The van der Waals surface area contributed by atoms with Gasteiger partial charge in [0.05, 0.1) is 0 Å². The molecule has 0 amide bonds. The molecule has 1 aliphatic rings. The molecular weight excluding hydrogens is 349 g/mol. The third kappa shape index (κ3) is 6.24. The Morgan fingerprint density at radius 3 is 2.08 bits per heavy atom. The summed E-state index contributed by atoms with van der Waals surface area (Å²) in [5.74, 6) is -1.12. The van der Waals surface area contributed by atoms with Crippen molar-refractivity contribution in [1.29, 1.82) is 0 Å². The Morgan fingerprint density at radius 2 is 1.62 bits per heavy atom. The number of hydrogen-bond donors (Lipinski definition) is 3. The Hall–Kier alpha value is -2.02. The van der Waals surface area contributed by atoms with Crippen LogP contribution in [-0.4, -0.2) is 35.1 Å². The molecule has 129 valence electrons. The van der Waals surface area contributed by atoms with Crippen molar-refractivity contribution in [2.24, 2.45) is 5.92 Å². The molecule has 1 aliphatic carbocycles. The van der Waals surface area contributed by atoms with Crippen molar-refractivity contribution in [2.75, 3.05) is 7.11 Å². The van der Waals surface area contributed by atoms with Gasteiger partial charge >= 0.3 is 27.0 Å². The van der Waals surface area contributed by atoms with E-state index in [0.717, 1.165) is 34.9 Å². The number of rotatable bonds is 4. The third-order valence-electron chi connectivity index (χ3n) is 3.23. The molecule has 1 aromatic rings. The fourth-order valence-corrected chi connectivity index (χ4v) is 2.08. The zero-order chi connectivity index (χ0) is 18.7. The fourth-order valence-electron chi connectivity index (χ4n) is 2.08. The van der Waals surface area contributed by atoms with E-state index >= 15 is 0 Å². The van der Waals surface area contributed by atoms with Crippen LogP contribution in [0.25, 0.3) is 12.2 Å². The zero-order valence-electron chi connectivity index (χ0n) is 13.8. The standard InChI is InChI=1S/C16H17NO3.CH4O.O.V/c1-10(2)15(16(19)20)17-9-13-7-11-5-3-4-6-12(11)8-14(13)18;1-2;;/h3-10,15,17H,1-2H3,(H,19,20);2H,1H3;;/b13-9-;;;/t15-;;;/m0.../s1. The molecule has 0 radical (unpaired) electrons. The Balaban J connectivity index is 0.00000123. The predicted octanol–water partition coefficient (Wildman–Crippen LogP) is -0.0998. The van der Waals surface area contributed by atoms with Gasteiger partial charge in [0.25, 0.3) is 0 Å². The summed E-state index contributed by atoms with van der Waals surface area (Å²) >= 11 is 1.06. The monoisotopic (exact) mass is 370 g/mol. The van der Waals surface area contributed by atoms with Gasteiger partial charge < -0.3 is 15.5 Å². The second-order valence-corrected chi connectivity index (χ2v) is 5.11. The Labute approximate surface area is 149 Å². The average molecular weight is 370 g/mol. The molecule has 1 atom stereocenters. The van der Waals surface area contributed by atoms with Crippen molar-refractivity contribution in [3.8, 4) is 0 Å². The molecule has 0 spiro atoms. The van der Waals surface area contributed by atoms with Crippen LogP contribution in [0.4, 0.5) is 0 Å². The molecule has 0 saturated carbocycles. The van der Waals surface area contributed by atoms with Crippen LogP contribution < -0.4 is 15.8 Å². The summed E-state index contributed by atoms with van der Waals surface area (Å²) in [6.07, 6.45) is 4.82. The maximum atomic E-state index is 12.0. The summed E-state index contributed by atoms with van der Waals surface area (Å²) in [5, 5.41) is 20.8. The summed E-state index contributed by atoms with van der Waals surface area (Å²) in [6, 6.07) is 6.87. The number of aliphatic hydroxyl groups excluding tert-OH is 1. The molecule has 7 heteroatoms. The molecule has 0 aromatic heterocycles. The van der Waals surface area contributed by atoms with E-state index in [9.17, 15) is 9.59 Å². The minimum absolute atomic E-state index is 0.0701. The molecule has 24 heavy (non-hydrogen) atoms. The molecule has 0 saturated heterocycles. The van der Waals surface area contributed by atoms with Gasteiger partial charge in [0.1, 0.15) is 6.04 Å². The molecule has 3 N–H and O–H groups in total. The number of benzene rings is 1. The molecule has 6 nitrogen and oxygen atoms in total. The van der Waals surface area contributed by atoms with E-state index < -0.39 is 12.0 Å². The van der Waals surface area contributed by atoms with Crippen LogP contribution in [0.5, 0.6) is 0 Å². The number of hydrogen-bond acceptors (Lipinski definition) is 5. The summed E-state index contributed by atoms with van der Waals surface area (Å²) in [7, 11) is 1.00. The molecular formula is C17H21NO5V. The number of fused-ring (bicyclic) bond motifs is 1. The van der Waals surface area contributed by atoms with Gasteiger partial charge in [-0.05, 0) is 28.5 Å². The second kappa shape index (κ2) is 11.5. The first-order valence-electron chi connectivity index (χ1n) is 7.14. The van der Waals surface area contributed by atoms with Gasteiger partial charge in [-0.25, -0.2) is 4.79 Å².